The van der Waals surface area contributed by atoms with Crippen molar-refractivity contribution in [2.45, 2.75) is 13.0 Å². The van der Waals surface area contributed by atoms with Gasteiger partial charge in [0.05, 0.1) is 12.3 Å². The highest BCUT2D eigenvalue weighted by Gasteiger charge is 2.28. The average Bonchev–Trinajstić information content (AvgIpc) is 2.86. The monoisotopic (exact) mass is 326 g/mol. The van der Waals surface area contributed by atoms with E-state index in [4.69, 9.17) is 5.14 Å². The first-order chi connectivity index (χ1) is 10.3. The Morgan fingerprint density at radius 1 is 1.55 bits per heavy atom. The predicted octanol–water partition coefficient (Wildman–Crippen LogP) is -0.350. The number of rotatable bonds is 6. The maximum Gasteiger partial charge on any atom is 0.236 e. The van der Waals surface area contributed by atoms with Gasteiger partial charge in [-0.15, -0.1) is 0 Å². The predicted molar refractivity (Wildman–Crippen MR) is 83.2 cm³/mol. The topological polar surface area (TPSA) is 96.6 Å². The Kier molecular flexibility index (Phi) is 5.49. The van der Waals surface area contributed by atoms with Crippen molar-refractivity contribution in [3.63, 3.8) is 0 Å². The maximum atomic E-state index is 12.2. The number of likely N-dealkylation sites (N-methyl/N-ethyl adjacent to an activating group) is 1. The number of carbonyl (C=O) groups excluding carboxylic acids is 1. The van der Waals surface area contributed by atoms with Crippen molar-refractivity contribution in [1.29, 1.82) is 0 Å². The number of hydrogen-bond acceptors (Lipinski definition) is 5. The molecule has 7 nitrogen and oxygen atoms in total. The molecule has 1 unspecified atom stereocenters. The minimum absolute atomic E-state index is 0.0170. The Hall–Kier alpha value is -1.51. The minimum Gasteiger partial charge on any atom is -0.341 e. The molecule has 1 saturated heterocycles. The van der Waals surface area contributed by atoms with E-state index >= 15 is 0 Å². The normalized spacial score (nSPS) is 18.9. The summed E-state index contributed by atoms with van der Waals surface area (Å²) in [5.41, 5.74) is 1.05. The van der Waals surface area contributed by atoms with E-state index in [1.54, 1.807) is 17.3 Å². The molecule has 1 atom stereocenters. The molecule has 1 fully saturated rings. The number of nitrogens with two attached hydrogens (primary N) is 1. The Morgan fingerprint density at radius 2 is 2.32 bits per heavy atom. The zero-order valence-electron chi connectivity index (χ0n) is 12.7. The van der Waals surface area contributed by atoms with Crippen LogP contribution in [-0.2, 0) is 21.4 Å². The summed E-state index contributed by atoms with van der Waals surface area (Å²) in [6.07, 6.45) is 4.18. The van der Waals surface area contributed by atoms with Crippen LogP contribution in [0.25, 0.3) is 0 Å². The Balaban J connectivity index is 1.80. The minimum atomic E-state index is -3.48. The molecule has 0 saturated carbocycles. The summed E-state index contributed by atoms with van der Waals surface area (Å²) < 4.78 is 22.2. The largest absolute Gasteiger partial charge is 0.341 e. The maximum absolute atomic E-state index is 12.2. The van der Waals surface area contributed by atoms with E-state index in [2.05, 4.69) is 4.98 Å². The molecular formula is C14H22N4O3S. The fourth-order valence-electron chi connectivity index (χ4n) is 2.71. The molecule has 1 aromatic heterocycles. The van der Waals surface area contributed by atoms with E-state index in [0.717, 1.165) is 5.56 Å². The van der Waals surface area contributed by atoms with E-state index < -0.39 is 10.0 Å². The molecule has 1 amide bonds. The van der Waals surface area contributed by atoms with Crippen LogP contribution >= 0.6 is 0 Å². The molecule has 0 radical (unpaired) electrons. The van der Waals surface area contributed by atoms with Gasteiger partial charge in [0.2, 0.25) is 15.9 Å². The smallest absolute Gasteiger partial charge is 0.236 e. The first-order valence-electron chi connectivity index (χ1n) is 7.19. The van der Waals surface area contributed by atoms with Gasteiger partial charge in [-0.3, -0.25) is 14.7 Å². The van der Waals surface area contributed by atoms with Crippen molar-refractivity contribution in [3.8, 4) is 0 Å². The third-order valence-corrected chi connectivity index (χ3v) is 4.62. The quantitative estimate of drug-likeness (QED) is 0.771. The molecule has 122 valence electrons. The molecule has 0 bridgehead atoms. The second-order valence-corrected chi connectivity index (χ2v) is 7.52. The van der Waals surface area contributed by atoms with E-state index in [9.17, 15) is 13.2 Å². The summed E-state index contributed by atoms with van der Waals surface area (Å²) in [7, 11) is -1.60. The van der Waals surface area contributed by atoms with Gasteiger partial charge in [-0.1, -0.05) is 6.07 Å². The third-order valence-electron chi connectivity index (χ3n) is 3.69. The van der Waals surface area contributed by atoms with Crippen LogP contribution in [0.2, 0.25) is 0 Å². The van der Waals surface area contributed by atoms with Crippen LogP contribution in [0.4, 0.5) is 0 Å². The number of pyridine rings is 1. The van der Waals surface area contributed by atoms with Crippen LogP contribution in [0.1, 0.15) is 12.0 Å². The highest BCUT2D eigenvalue weighted by molar-refractivity contribution is 7.89. The summed E-state index contributed by atoms with van der Waals surface area (Å²) in [4.78, 5) is 19.9. The first-order valence-corrected chi connectivity index (χ1v) is 8.91. The highest BCUT2D eigenvalue weighted by atomic mass is 32.2. The van der Waals surface area contributed by atoms with Gasteiger partial charge in [0.15, 0.2) is 0 Å². The lowest BCUT2D eigenvalue weighted by Gasteiger charge is -2.21. The van der Waals surface area contributed by atoms with Gasteiger partial charge < -0.3 is 4.90 Å². The van der Waals surface area contributed by atoms with Gasteiger partial charge in [-0.2, -0.15) is 0 Å². The van der Waals surface area contributed by atoms with Crippen LogP contribution in [0.3, 0.4) is 0 Å². The molecule has 1 aliphatic rings. The van der Waals surface area contributed by atoms with Crippen LogP contribution in [-0.4, -0.2) is 61.5 Å². The average molecular weight is 326 g/mol. The van der Waals surface area contributed by atoms with Crippen molar-refractivity contribution in [1.82, 2.24) is 14.8 Å². The summed E-state index contributed by atoms with van der Waals surface area (Å²) in [6.45, 7) is 2.01. The van der Waals surface area contributed by atoms with Gasteiger partial charge in [0, 0.05) is 32.0 Å². The number of aromatic nitrogens is 1. The number of sulfonamides is 1. The standard InChI is InChI=1S/C14H22N4O3S/c1-17(8-12-3-2-5-16-7-12)10-14(19)18-6-4-13(9-18)11-22(15,20)21/h2-3,5,7,13H,4,6,8-11H2,1H3,(H2,15,20,21). The third kappa shape index (κ3) is 5.36. The zero-order valence-corrected chi connectivity index (χ0v) is 13.5. The molecule has 8 heteroatoms. The first kappa shape index (κ1) is 16.9. The second kappa shape index (κ2) is 7.17. The van der Waals surface area contributed by atoms with Crippen molar-refractivity contribution in [3.05, 3.63) is 30.1 Å². The summed E-state index contributed by atoms with van der Waals surface area (Å²) in [6, 6.07) is 3.83. The highest BCUT2D eigenvalue weighted by Crippen LogP contribution is 2.17. The number of amides is 1. The van der Waals surface area contributed by atoms with E-state index in [1.165, 1.54) is 0 Å². The fourth-order valence-corrected chi connectivity index (χ4v) is 3.64. The molecule has 0 spiro atoms. The van der Waals surface area contributed by atoms with Crippen LogP contribution in [0.15, 0.2) is 24.5 Å². The summed E-state index contributed by atoms with van der Waals surface area (Å²) >= 11 is 0. The van der Waals surface area contributed by atoms with E-state index in [-0.39, 0.29) is 17.6 Å². The van der Waals surface area contributed by atoms with Gasteiger partial charge in [0.1, 0.15) is 0 Å². The Morgan fingerprint density at radius 3 is 2.95 bits per heavy atom. The van der Waals surface area contributed by atoms with Crippen molar-refractivity contribution in [2.75, 3.05) is 32.4 Å². The molecule has 1 aromatic rings. The number of hydrogen-bond donors (Lipinski definition) is 1. The summed E-state index contributed by atoms with van der Waals surface area (Å²) in [5.74, 6) is -0.0895. The lowest BCUT2D eigenvalue weighted by molar-refractivity contribution is -0.131. The van der Waals surface area contributed by atoms with Gasteiger partial charge in [-0.05, 0) is 31.0 Å². The summed E-state index contributed by atoms with van der Waals surface area (Å²) in [5, 5.41) is 5.06. The van der Waals surface area contributed by atoms with Gasteiger partial charge in [0.25, 0.3) is 0 Å². The Bertz CT molecular complexity index is 606. The molecule has 2 rings (SSSR count). The number of carbonyl (C=O) groups is 1. The fraction of sp³-hybridized carbons (Fsp3) is 0.571. The van der Waals surface area contributed by atoms with E-state index in [1.807, 2.05) is 24.1 Å². The van der Waals surface area contributed by atoms with Crippen molar-refractivity contribution >= 4 is 15.9 Å². The van der Waals surface area contributed by atoms with Gasteiger partial charge in [-0.25, -0.2) is 13.6 Å². The number of primary sulfonamides is 1. The zero-order chi connectivity index (χ0) is 16.2. The van der Waals surface area contributed by atoms with Crippen LogP contribution < -0.4 is 5.14 Å². The van der Waals surface area contributed by atoms with E-state index in [0.29, 0.717) is 32.6 Å². The molecule has 0 aliphatic carbocycles. The van der Waals surface area contributed by atoms with Crippen LogP contribution in [0, 0.1) is 5.92 Å². The molecule has 1 aliphatic heterocycles. The van der Waals surface area contributed by atoms with Crippen molar-refractivity contribution in [2.24, 2.45) is 11.1 Å². The molecule has 2 heterocycles. The second-order valence-electron chi connectivity index (χ2n) is 5.86. The molecule has 2 N–H and O–H groups in total. The Labute approximate surface area is 131 Å². The van der Waals surface area contributed by atoms with Crippen molar-refractivity contribution < 1.29 is 13.2 Å². The van der Waals surface area contributed by atoms with Crippen LogP contribution in [0.5, 0.6) is 0 Å². The number of nitrogens with zero attached hydrogens (tertiary/aromatic N) is 3. The molecule has 0 aromatic carbocycles. The SMILES string of the molecule is CN(CC(=O)N1CCC(CS(N)(=O)=O)C1)Cc1cccnc1. The lowest BCUT2D eigenvalue weighted by atomic mass is 10.2. The number of likely N-dealkylation sites (tertiary alicyclic amines) is 1. The lowest BCUT2D eigenvalue weighted by Crippen LogP contribution is -2.38. The van der Waals surface area contributed by atoms with Gasteiger partial charge >= 0.3 is 0 Å². The molecular weight excluding hydrogens is 304 g/mol. The molecule has 22 heavy (non-hydrogen) atoms.